The molecule has 3 heterocycles. The normalized spacial score (nSPS) is 32.5. The SMILES string of the molecule is c1ccc2c(c1)nc1n2CC2COC1(C1CCCCC1)O2. The molecule has 5 rings (SSSR count). The van der Waals surface area contributed by atoms with Gasteiger partial charge in [-0.1, -0.05) is 31.4 Å². The predicted octanol–water partition coefficient (Wildman–Crippen LogP) is 3.20. The highest BCUT2D eigenvalue weighted by atomic mass is 16.7. The summed E-state index contributed by atoms with van der Waals surface area (Å²) in [5.74, 6) is 0.874. The van der Waals surface area contributed by atoms with Crippen LogP contribution in [0.2, 0.25) is 0 Å². The minimum atomic E-state index is -0.581. The van der Waals surface area contributed by atoms with Gasteiger partial charge in [0, 0.05) is 5.92 Å². The summed E-state index contributed by atoms with van der Waals surface area (Å²) in [5.41, 5.74) is 2.27. The molecule has 3 aliphatic rings. The first-order valence-electron chi connectivity index (χ1n) is 8.14. The molecule has 2 aromatic rings. The second-order valence-corrected chi connectivity index (χ2v) is 6.59. The van der Waals surface area contributed by atoms with Gasteiger partial charge in [0.2, 0.25) is 5.79 Å². The van der Waals surface area contributed by atoms with Gasteiger partial charge in [-0.3, -0.25) is 0 Å². The van der Waals surface area contributed by atoms with E-state index >= 15 is 0 Å². The number of hydrogen-bond donors (Lipinski definition) is 0. The standard InChI is InChI=1S/C17H20N2O2/c1-2-6-12(7-3-1)17-16-18-14-8-4-5-9-15(14)19(16)10-13(21-17)11-20-17/h4-5,8-9,12-13H,1-3,6-7,10-11H2. The third kappa shape index (κ3) is 1.60. The minimum absolute atomic E-state index is 0.178. The third-order valence-corrected chi connectivity index (χ3v) is 5.32. The van der Waals surface area contributed by atoms with Gasteiger partial charge in [0.05, 0.1) is 24.2 Å². The molecule has 21 heavy (non-hydrogen) atoms. The van der Waals surface area contributed by atoms with Crippen molar-refractivity contribution in [3.05, 3.63) is 30.1 Å². The van der Waals surface area contributed by atoms with Crippen LogP contribution in [0.5, 0.6) is 0 Å². The van der Waals surface area contributed by atoms with Crippen molar-refractivity contribution in [2.45, 2.75) is 50.5 Å². The van der Waals surface area contributed by atoms with Gasteiger partial charge in [0.25, 0.3) is 0 Å². The third-order valence-electron chi connectivity index (χ3n) is 5.32. The van der Waals surface area contributed by atoms with Crippen molar-refractivity contribution in [1.82, 2.24) is 9.55 Å². The van der Waals surface area contributed by atoms with Crippen LogP contribution in [-0.4, -0.2) is 22.3 Å². The molecule has 2 fully saturated rings. The van der Waals surface area contributed by atoms with E-state index in [2.05, 4.69) is 28.8 Å². The number of para-hydroxylation sites is 2. The van der Waals surface area contributed by atoms with Gasteiger partial charge in [-0.05, 0) is 25.0 Å². The zero-order chi connectivity index (χ0) is 13.9. The number of fused-ring (bicyclic) bond motifs is 6. The lowest BCUT2D eigenvalue weighted by atomic mass is 9.82. The maximum absolute atomic E-state index is 6.37. The van der Waals surface area contributed by atoms with Crippen molar-refractivity contribution < 1.29 is 9.47 Å². The maximum Gasteiger partial charge on any atom is 0.231 e. The lowest BCUT2D eigenvalue weighted by Gasteiger charge is -2.39. The molecule has 0 amide bonds. The molecule has 2 aliphatic heterocycles. The molecule has 0 spiro atoms. The molecule has 2 unspecified atom stereocenters. The first kappa shape index (κ1) is 12.2. The van der Waals surface area contributed by atoms with Gasteiger partial charge < -0.3 is 14.0 Å². The highest BCUT2D eigenvalue weighted by Crippen LogP contribution is 2.49. The first-order valence-corrected chi connectivity index (χ1v) is 8.14. The van der Waals surface area contributed by atoms with E-state index in [1.165, 1.54) is 37.6 Å². The van der Waals surface area contributed by atoms with E-state index in [1.54, 1.807) is 0 Å². The van der Waals surface area contributed by atoms with Crippen LogP contribution in [0.3, 0.4) is 0 Å². The highest BCUT2D eigenvalue weighted by Gasteiger charge is 2.55. The summed E-state index contributed by atoms with van der Waals surface area (Å²) in [6.45, 7) is 1.57. The van der Waals surface area contributed by atoms with Crippen LogP contribution in [0.4, 0.5) is 0 Å². The van der Waals surface area contributed by atoms with Crippen LogP contribution in [0.15, 0.2) is 24.3 Å². The van der Waals surface area contributed by atoms with Gasteiger partial charge in [-0.15, -0.1) is 0 Å². The quantitative estimate of drug-likeness (QED) is 0.807. The fourth-order valence-corrected chi connectivity index (χ4v) is 4.35. The number of imidazole rings is 1. The van der Waals surface area contributed by atoms with Crippen LogP contribution in [-0.2, 0) is 21.8 Å². The minimum Gasteiger partial charge on any atom is -0.340 e. The van der Waals surface area contributed by atoms with Gasteiger partial charge in [0.1, 0.15) is 6.10 Å². The number of hydrogen-bond acceptors (Lipinski definition) is 3. The zero-order valence-electron chi connectivity index (χ0n) is 12.1. The Kier molecular flexibility index (Phi) is 2.50. The highest BCUT2D eigenvalue weighted by molar-refractivity contribution is 5.76. The summed E-state index contributed by atoms with van der Waals surface area (Å²) in [7, 11) is 0. The molecular formula is C17H20N2O2. The van der Waals surface area contributed by atoms with Crippen molar-refractivity contribution in [3.63, 3.8) is 0 Å². The summed E-state index contributed by atoms with van der Waals surface area (Å²) in [5, 5.41) is 0. The lowest BCUT2D eigenvalue weighted by Crippen LogP contribution is -2.44. The van der Waals surface area contributed by atoms with Crippen LogP contribution in [0.1, 0.15) is 37.9 Å². The molecule has 1 aromatic carbocycles. The molecule has 2 bridgehead atoms. The molecule has 2 atom stereocenters. The van der Waals surface area contributed by atoms with E-state index in [9.17, 15) is 0 Å². The Balaban J connectivity index is 1.70. The van der Waals surface area contributed by atoms with Gasteiger partial charge in [-0.25, -0.2) is 4.98 Å². The van der Waals surface area contributed by atoms with Gasteiger partial charge >= 0.3 is 0 Å². The fourth-order valence-electron chi connectivity index (χ4n) is 4.35. The Morgan fingerprint density at radius 3 is 2.90 bits per heavy atom. The number of rotatable bonds is 1. The van der Waals surface area contributed by atoms with Crippen LogP contribution in [0.25, 0.3) is 11.0 Å². The summed E-state index contributed by atoms with van der Waals surface area (Å²) in [6, 6.07) is 8.38. The first-order chi connectivity index (χ1) is 10.4. The average molecular weight is 284 g/mol. The van der Waals surface area contributed by atoms with E-state index < -0.39 is 5.79 Å². The molecule has 1 saturated carbocycles. The summed E-state index contributed by atoms with van der Waals surface area (Å²) >= 11 is 0. The van der Waals surface area contributed by atoms with Crippen molar-refractivity contribution in [2.24, 2.45) is 5.92 Å². The van der Waals surface area contributed by atoms with Crippen LogP contribution < -0.4 is 0 Å². The number of ether oxygens (including phenoxy) is 2. The van der Waals surface area contributed by atoms with Crippen molar-refractivity contribution in [1.29, 1.82) is 0 Å². The van der Waals surface area contributed by atoms with E-state index in [1.807, 2.05) is 0 Å². The molecule has 1 saturated heterocycles. The van der Waals surface area contributed by atoms with Crippen LogP contribution in [0, 0.1) is 5.92 Å². The molecular weight excluding hydrogens is 264 g/mol. The second-order valence-electron chi connectivity index (χ2n) is 6.59. The van der Waals surface area contributed by atoms with E-state index in [0.717, 1.165) is 17.9 Å². The monoisotopic (exact) mass is 284 g/mol. The number of nitrogens with zero attached hydrogens (tertiary/aromatic N) is 2. The molecule has 0 N–H and O–H groups in total. The molecule has 1 aliphatic carbocycles. The molecule has 1 aromatic heterocycles. The fraction of sp³-hybridized carbons (Fsp3) is 0.588. The van der Waals surface area contributed by atoms with Gasteiger partial charge in [0.15, 0.2) is 5.82 Å². The van der Waals surface area contributed by atoms with Crippen molar-refractivity contribution in [2.75, 3.05) is 6.61 Å². The zero-order valence-corrected chi connectivity index (χ0v) is 12.1. The van der Waals surface area contributed by atoms with E-state index in [4.69, 9.17) is 14.5 Å². The molecule has 0 radical (unpaired) electrons. The summed E-state index contributed by atoms with van der Waals surface area (Å²) in [6.07, 6.45) is 6.46. The smallest absolute Gasteiger partial charge is 0.231 e. The number of aromatic nitrogens is 2. The Morgan fingerprint density at radius 2 is 2.00 bits per heavy atom. The largest absolute Gasteiger partial charge is 0.340 e. The average Bonchev–Trinajstić information content (AvgIpc) is 3.10. The van der Waals surface area contributed by atoms with Crippen molar-refractivity contribution in [3.8, 4) is 0 Å². The Morgan fingerprint density at radius 1 is 1.14 bits per heavy atom. The summed E-state index contributed by atoms with van der Waals surface area (Å²) in [4.78, 5) is 4.89. The Bertz CT molecular complexity index is 689. The number of benzene rings is 1. The van der Waals surface area contributed by atoms with E-state index in [-0.39, 0.29) is 6.10 Å². The predicted molar refractivity (Wildman–Crippen MR) is 78.8 cm³/mol. The van der Waals surface area contributed by atoms with Gasteiger partial charge in [-0.2, -0.15) is 0 Å². The lowest BCUT2D eigenvalue weighted by molar-refractivity contribution is -0.237. The topological polar surface area (TPSA) is 36.3 Å². The van der Waals surface area contributed by atoms with Crippen molar-refractivity contribution >= 4 is 11.0 Å². The molecule has 4 nitrogen and oxygen atoms in total. The van der Waals surface area contributed by atoms with Crippen LogP contribution >= 0.6 is 0 Å². The Labute approximate surface area is 124 Å². The summed E-state index contributed by atoms with van der Waals surface area (Å²) < 4.78 is 15.0. The molecule has 110 valence electrons. The Hall–Kier alpha value is -1.39. The van der Waals surface area contributed by atoms with E-state index in [0.29, 0.717) is 12.5 Å². The second kappa shape index (κ2) is 4.31. The molecule has 4 heteroatoms. The maximum atomic E-state index is 6.37.